The summed E-state index contributed by atoms with van der Waals surface area (Å²) in [5.41, 5.74) is 8.75. The molecule has 4 rings (SSSR count). The van der Waals surface area contributed by atoms with Gasteiger partial charge in [-0.3, -0.25) is 5.41 Å². The van der Waals surface area contributed by atoms with Gasteiger partial charge in [0.05, 0.1) is 12.2 Å². The maximum atomic E-state index is 7.69. The predicted molar refractivity (Wildman–Crippen MR) is 120 cm³/mol. The van der Waals surface area contributed by atoms with Crippen LogP contribution in [0, 0.1) is 5.41 Å². The number of aryl methyl sites for hydroxylation is 1. The molecule has 0 amide bonds. The number of rotatable bonds is 8. The second kappa shape index (κ2) is 10.4. The van der Waals surface area contributed by atoms with E-state index in [-0.39, 0.29) is 24.4 Å². The van der Waals surface area contributed by atoms with Crippen molar-refractivity contribution in [2.24, 2.45) is 5.73 Å². The molecule has 0 radical (unpaired) electrons. The van der Waals surface area contributed by atoms with Gasteiger partial charge in [0.15, 0.2) is 5.96 Å². The second-order valence-corrected chi connectivity index (χ2v) is 7.80. The minimum absolute atomic E-state index is 0. The van der Waals surface area contributed by atoms with Crippen LogP contribution in [0.2, 0.25) is 0 Å². The monoisotopic (exact) mass is 444 g/mol. The van der Waals surface area contributed by atoms with E-state index >= 15 is 0 Å². The number of nitrogens with zero attached hydrogens (tertiary/aromatic N) is 6. The Balaban J connectivity index is 0.00000272. The minimum atomic E-state index is 0. The maximum absolute atomic E-state index is 7.69. The number of hydrogen-bond acceptors (Lipinski definition) is 6. The Hall–Kier alpha value is -2.94. The zero-order valence-electron chi connectivity index (χ0n) is 17.7. The number of benzene rings is 1. The molecule has 0 spiro atoms. The lowest BCUT2D eigenvalue weighted by Crippen LogP contribution is -2.41. The number of nitrogens with two attached hydrogens (primary N) is 1. The van der Waals surface area contributed by atoms with Crippen LogP contribution in [0.4, 0.5) is 0 Å². The van der Waals surface area contributed by atoms with E-state index in [1.54, 1.807) is 0 Å². The van der Waals surface area contributed by atoms with Crippen molar-refractivity contribution in [2.45, 2.75) is 58.0 Å². The zero-order chi connectivity index (χ0) is 20.9. The largest absolute Gasteiger partial charge is 0.370 e. The molecule has 1 aromatic carbocycles. The molecule has 0 unspecified atom stereocenters. The van der Waals surface area contributed by atoms with Crippen molar-refractivity contribution in [1.82, 2.24) is 30.0 Å². The van der Waals surface area contributed by atoms with Crippen LogP contribution in [0.3, 0.4) is 0 Å². The lowest BCUT2D eigenvalue weighted by atomic mass is 10.1. The lowest BCUT2D eigenvalue weighted by Gasteiger charge is -2.23. The number of unbranched alkanes of at least 4 members (excludes halogenated alkanes) is 1. The van der Waals surface area contributed by atoms with Crippen LogP contribution in [0.15, 0.2) is 35.0 Å². The Morgan fingerprint density at radius 1 is 1.29 bits per heavy atom. The summed E-state index contributed by atoms with van der Waals surface area (Å²) in [7, 11) is 0. The zero-order valence-corrected chi connectivity index (χ0v) is 18.5. The van der Waals surface area contributed by atoms with Crippen LogP contribution in [0.5, 0.6) is 0 Å². The van der Waals surface area contributed by atoms with Crippen molar-refractivity contribution >= 4 is 18.4 Å². The number of guanidine groups is 1. The summed E-state index contributed by atoms with van der Waals surface area (Å²) in [6.45, 7) is 3.67. The third-order valence-electron chi connectivity index (χ3n) is 5.49. The molecule has 1 saturated heterocycles. The molecule has 0 saturated carbocycles. The molecule has 10 heteroatoms. The van der Waals surface area contributed by atoms with Gasteiger partial charge in [-0.25, -0.2) is 4.68 Å². The number of likely N-dealkylation sites (tertiary alicyclic amines) is 1. The van der Waals surface area contributed by atoms with Gasteiger partial charge in [0.25, 0.3) is 0 Å². The van der Waals surface area contributed by atoms with Crippen LogP contribution >= 0.6 is 12.4 Å². The second-order valence-electron chi connectivity index (χ2n) is 7.80. The normalized spacial score (nSPS) is 15.8. The molecule has 0 bridgehead atoms. The quantitative estimate of drug-likeness (QED) is 0.404. The van der Waals surface area contributed by atoms with E-state index in [0.717, 1.165) is 55.5 Å². The first-order chi connectivity index (χ1) is 14.6. The molecule has 3 heterocycles. The fourth-order valence-corrected chi connectivity index (χ4v) is 3.86. The summed E-state index contributed by atoms with van der Waals surface area (Å²) in [5.74, 6) is 1.26. The van der Waals surface area contributed by atoms with Crippen LogP contribution < -0.4 is 5.73 Å². The molecule has 3 aromatic rings. The SMILES string of the molecule is CCCCc1cn(Cc2ccc(-c3noc(C[C@@H]4CCCN4C(=N)N)n3)cc2)nn1.Cl. The average molecular weight is 445 g/mol. The first kappa shape index (κ1) is 22.7. The average Bonchev–Trinajstić information content (AvgIpc) is 3.49. The third kappa shape index (κ3) is 5.61. The molecular weight excluding hydrogens is 416 g/mol. The summed E-state index contributed by atoms with van der Waals surface area (Å²) in [6, 6.07) is 8.25. The highest BCUT2D eigenvalue weighted by atomic mass is 35.5. The molecule has 1 atom stereocenters. The number of halogens is 1. The van der Waals surface area contributed by atoms with Crippen molar-refractivity contribution in [3.8, 4) is 11.4 Å². The Kier molecular flexibility index (Phi) is 7.62. The fourth-order valence-electron chi connectivity index (χ4n) is 3.86. The van der Waals surface area contributed by atoms with Crippen molar-refractivity contribution < 1.29 is 4.52 Å². The molecule has 1 fully saturated rings. The molecule has 2 aromatic heterocycles. The summed E-state index contributed by atoms with van der Waals surface area (Å²) in [5, 5.41) is 20.3. The maximum Gasteiger partial charge on any atom is 0.229 e. The smallest absolute Gasteiger partial charge is 0.229 e. The number of aromatic nitrogens is 5. The van der Waals surface area contributed by atoms with Crippen molar-refractivity contribution in [3.63, 3.8) is 0 Å². The number of hydrogen-bond donors (Lipinski definition) is 2. The highest BCUT2D eigenvalue weighted by molar-refractivity contribution is 5.85. The van der Waals surface area contributed by atoms with Crippen molar-refractivity contribution in [1.29, 1.82) is 5.41 Å². The Bertz CT molecular complexity index is 983. The van der Waals surface area contributed by atoms with Crippen LogP contribution in [0.25, 0.3) is 11.4 Å². The molecule has 3 N–H and O–H groups in total. The van der Waals surface area contributed by atoms with E-state index in [4.69, 9.17) is 15.7 Å². The Morgan fingerprint density at radius 3 is 2.84 bits per heavy atom. The van der Waals surface area contributed by atoms with E-state index < -0.39 is 0 Å². The Morgan fingerprint density at radius 2 is 2.10 bits per heavy atom. The van der Waals surface area contributed by atoms with Gasteiger partial charge in [0, 0.05) is 30.8 Å². The minimum Gasteiger partial charge on any atom is -0.370 e. The highest BCUT2D eigenvalue weighted by Gasteiger charge is 2.27. The fraction of sp³-hybridized carbons (Fsp3) is 0.476. The molecule has 1 aliphatic rings. The standard InChI is InChI=1S/C21H28N8O.ClH/c1-2-3-5-17-14-28(27-25-17)13-15-7-9-16(10-8-15)20-24-19(30-26-20)12-18-6-4-11-29(18)21(22)23;/h7-10,14,18H,2-6,11-13H2,1H3,(H3,22,23);1H/t18-;/m0./s1. The van der Waals surface area contributed by atoms with Gasteiger partial charge in [-0.2, -0.15) is 4.98 Å². The summed E-state index contributed by atoms with van der Waals surface area (Å²) in [4.78, 5) is 6.44. The van der Waals surface area contributed by atoms with Gasteiger partial charge in [-0.1, -0.05) is 48.0 Å². The van der Waals surface area contributed by atoms with E-state index in [0.29, 0.717) is 24.7 Å². The third-order valence-corrected chi connectivity index (χ3v) is 5.49. The highest BCUT2D eigenvalue weighted by Crippen LogP contribution is 2.22. The van der Waals surface area contributed by atoms with Gasteiger partial charge >= 0.3 is 0 Å². The van der Waals surface area contributed by atoms with Crippen LogP contribution in [0.1, 0.15) is 49.8 Å². The van der Waals surface area contributed by atoms with E-state index in [1.807, 2.05) is 40.0 Å². The molecule has 0 aliphatic carbocycles. The molecule has 1 aliphatic heterocycles. The first-order valence-electron chi connectivity index (χ1n) is 10.5. The van der Waals surface area contributed by atoms with Crippen LogP contribution in [-0.2, 0) is 19.4 Å². The lowest BCUT2D eigenvalue weighted by molar-refractivity contribution is 0.320. The molecule has 166 valence electrons. The summed E-state index contributed by atoms with van der Waals surface area (Å²) >= 11 is 0. The van der Waals surface area contributed by atoms with Gasteiger partial charge in [-0.05, 0) is 31.2 Å². The molecular formula is C21H29ClN8O. The topological polar surface area (TPSA) is 123 Å². The van der Waals surface area contributed by atoms with Gasteiger partial charge in [-0.15, -0.1) is 17.5 Å². The predicted octanol–water partition coefficient (Wildman–Crippen LogP) is 3.04. The summed E-state index contributed by atoms with van der Waals surface area (Å²) < 4.78 is 7.32. The van der Waals surface area contributed by atoms with Crippen molar-refractivity contribution in [3.05, 3.63) is 47.6 Å². The van der Waals surface area contributed by atoms with Gasteiger partial charge in [0.1, 0.15) is 0 Å². The van der Waals surface area contributed by atoms with E-state index in [9.17, 15) is 0 Å². The Labute approximate surface area is 187 Å². The van der Waals surface area contributed by atoms with Gasteiger partial charge < -0.3 is 15.2 Å². The molecule has 9 nitrogen and oxygen atoms in total. The van der Waals surface area contributed by atoms with Gasteiger partial charge in [0.2, 0.25) is 11.7 Å². The molecule has 31 heavy (non-hydrogen) atoms. The van der Waals surface area contributed by atoms with Crippen LogP contribution in [-0.4, -0.2) is 48.6 Å². The summed E-state index contributed by atoms with van der Waals surface area (Å²) in [6.07, 6.45) is 7.89. The number of nitrogens with one attached hydrogen (secondary N) is 1. The van der Waals surface area contributed by atoms with E-state index in [1.165, 1.54) is 0 Å². The first-order valence-corrected chi connectivity index (χ1v) is 10.5. The van der Waals surface area contributed by atoms with E-state index in [2.05, 4.69) is 27.4 Å². The van der Waals surface area contributed by atoms with Crippen molar-refractivity contribution in [2.75, 3.05) is 6.54 Å².